The molecule has 1 N–H and O–H groups in total. The van der Waals surface area contributed by atoms with Gasteiger partial charge in [-0.2, -0.15) is 0 Å². The Morgan fingerprint density at radius 1 is 1.08 bits per heavy atom. The zero-order valence-electron chi connectivity index (χ0n) is 15.4. The van der Waals surface area contributed by atoms with E-state index in [9.17, 15) is 14.7 Å². The van der Waals surface area contributed by atoms with Gasteiger partial charge in [0.25, 0.3) is 0 Å². The van der Waals surface area contributed by atoms with Crippen molar-refractivity contribution in [1.29, 1.82) is 0 Å². The molecule has 0 saturated heterocycles. The molecule has 0 heterocycles. The number of carbonyl (C=O) groups excluding carboxylic acids is 2. The van der Waals surface area contributed by atoms with E-state index in [-0.39, 0.29) is 24.2 Å². The lowest BCUT2D eigenvalue weighted by Gasteiger charge is -2.19. The molecule has 6 heteroatoms. The highest BCUT2D eigenvalue weighted by Crippen LogP contribution is 2.10. The van der Waals surface area contributed by atoms with Crippen molar-refractivity contribution < 1.29 is 28.9 Å². The molecule has 24 heavy (non-hydrogen) atoms. The molecule has 0 rings (SSSR count). The molecule has 0 amide bonds. The number of hydrogen-bond donors (Lipinski definition) is 1. The van der Waals surface area contributed by atoms with E-state index in [1.54, 1.807) is 0 Å². The molecule has 0 bridgehead atoms. The summed E-state index contributed by atoms with van der Waals surface area (Å²) in [5.74, 6) is -1.12. The Balaban J connectivity index is 3.55. The molecule has 0 fully saturated rings. The minimum absolute atomic E-state index is 0.0940. The summed E-state index contributed by atoms with van der Waals surface area (Å²) in [6.45, 7) is 11.4. The Kier molecular flexibility index (Phi) is 11.3. The first kappa shape index (κ1) is 22.6. The van der Waals surface area contributed by atoms with Gasteiger partial charge in [0.1, 0.15) is 0 Å². The highest BCUT2D eigenvalue weighted by atomic mass is 16.7. The largest absolute Gasteiger partial charge is 0.456 e. The monoisotopic (exact) mass is 344 g/mol. The van der Waals surface area contributed by atoms with Gasteiger partial charge in [0.15, 0.2) is 6.61 Å². The van der Waals surface area contributed by atoms with Gasteiger partial charge in [-0.1, -0.05) is 25.8 Å². The molecule has 0 spiro atoms. The Hall–Kier alpha value is -1.40. The molecule has 1 atom stereocenters. The van der Waals surface area contributed by atoms with Crippen LogP contribution in [0.5, 0.6) is 0 Å². The van der Waals surface area contributed by atoms with Crippen LogP contribution >= 0.6 is 0 Å². The summed E-state index contributed by atoms with van der Waals surface area (Å²) in [6, 6.07) is 0. The normalized spacial score (nSPS) is 12.5. The van der Waals surface area contributed by atoms with Crippen LogP contribution in [-0.4, -0.2) is 42.1 Å². The second-order valence-electron chi connectivity index (χ2n) is 6.80. The summed E-state index contributed by atoms with van der Waals surface area (Å²) in [5, 5.41) is 9.45. The number of rotatable bonds is 12. The lowest BCUT2D eigenvalue weighted by Crippen LogP contribution is -2.24. The van der Waals surface area contributed by atoms with E-state index in [0.717, 1.165) is 32.3 Å². The van der Waals surface area contributed by atoms with Crippen molar-refractivity contribution in [3.8, 4) is 0 Å². The number of aliphatic hydroxyl groups is 1. The Morgan fingerprint density at radius 2 is 1.67 bits per heavy atom. The Morgan fingerprint density at radius 3 is 2.25 bits per heavy atom. The molecule has 0 radical (unpaired) electrons. The fraction of sp³-hybridized carbons (Fsp3) is 0.778. The first-order valence-corrected chi connectivity index (χ1v) is 8.46. The van der Waals surface area contributed by atoms with Crippen LogP contribution in [0.1, 0.15) is 66.2 Å². The van der Waals surface area contributed by atoms with Crippen molar-refractivity contribution in [1.82, 2.24) is 0 Å². The lowest BCUT2D eigenvalue weighted by molar-refractivity contribution is -0.180. The molecule has 0 aliphatic rings. The van der Waals surface area contributed by atoms with Crippen molar-refractivity contribution in [2.24, 2.45) is 0 Å². The van der Waals surface area contributed by atoms with Crippen molar-refractivity contribution in [2.45, 2.75) is 78.1 Å². The van der Waals surface area contributed by atoms with E-state index in [1.807, 2.05) is 20.8 Å². The first-order valence-electron chi connectivity index (χ1n) is 8.46. The highest BCUT2D eigenvalue weighted by molar-refractivity contribution is 5.86. The predicted molar refractivity (Wildman–Crippen MR) is 91.3 cm³/mol. The fourth-order valence-corrected chi connectivity index (χ4v) is 1.79. The van der Waals surface area contributed by atoms with E-state index in [0.29, 0.717) is 6.42 Å². The standard InChI is InChI=1S/C18H32O6/c1-14(2)17(21)22-13-16(20)24-15(19)11-9-7-6-8-10-12-23-18(3,4)5/h16,20H,1,6-13H2,2-5H3. The van der Waals surface area contributed by atoms with Crippen molar-refractivity contribution >= 4 is 11.9 Å². The molecule has 0 aliphatic heterocycles. The predicted octanol–water partition coefficient (Wildman–Crippen LogP) is 3.12. The van der Waals surface area contributed by atoms with Crippen LogP contribution in [0.3, 0.4) is 0 Å². The SMILES string of the molecule is C=C(C)C(=O)OCC(O)OC(=O)CCCCCCCOC(C)(C)C. The number of ether oxygens (including phenoxy) is 3. The summed E-state index contributed by atoms with van der Waals surface area (Å²) in [6.07, 6.45) is 3.53. The van der Waals surface area contributed by atoms with Gasteiger partial charge in [0.05, 0.1) is 5.60 Å². The summed E-state index contributed by atoms with van der Waals surface area (Å²) in [7, 11) is 0. The third kappa shape index (κ3) is 14.2. The van der Waals surface area contributed by atoms with Crippen LogP contribution in [0.15, 0.2) is 12.2 Å². The molecule has 0 saturated carbocycles. The smallest absolute Gasteiger partial charge is 0.333 e. The minimum atomic E-state index is -1.43. The lowest BCUT2D eigenvalue weighted by atomic mass is 10.1. The molecular formula is C18H32O6. The van der Waals surface area contributed by atoms with E-state index >= 15 is 0 Å². The van der Waals surface area contributed by atoms with Crippen molar-refractivity contribution in [2.75, 3.05) is 13.2 Å². The molecule has 1 unspecified atom stereocenters. The maximum absolute atomic E-state index is 11.5. The zero-order chi connectivity index (χ0) is 18.6. The van der Waals surface area contributed by atoms with Crippen LogP contribution in [-0.2, 0) is 23.8 Å². The fourth-order valence-electron chi connectivity index (χ4n) is 1.79. The maximum Gasteiger partial charge on any atom is 0.333 e. The van der Waals surface area contributed by atoms with E-state index in [2.05, 4.69) is 6.58 Å². The van der Waals surface area contributed by atoms with Gasteiger partial charge < -0.3 is 19.3 Å². The van der Waals surface area contributed by atoms with Gasteiger partial charge in [0, 0.05) is 18.6 Å². The quantitative estimate of drug-likeness (QED) is 0.253. The molecule has 6 nitrogen and oxygen atoms in total. The van der Waals surface area contributed by atoms with E-state index in [1.165, 1.54) is 6.92 Å². The maximum atomic E-state index is 11.5. The van der Waals surface area contributed by atoms with Gasteiger partial charge in [-0.15, -0.1) is 0 Å². The van der Waals surface area contributed by atoms with Gasteiger partial charge in [-0.05, 0) is 40.5 Å². The van der Waals surface area contributed by atoms with Crippen molar-refractivity contribution in [3.05, 3.63) is 12.2 Å². The van der Waals surface area contributed by atoms with Crippen LogP contribution < -0.4 is 0 Å². The number of hydrogen-bond acceptors (Lipinski definition) is 6. The summed E-state index contributed by atoms with van der Waals surface area (Å²) < 4.78 is 15.1. The average molecular weight is 344 g/mol. The van der Waals surface area contributed by atoms with Crippen LogP contribution in [0.2, 0.25) is 0 Å². The minimum Gasteiger partial charge on any atom is -0.456 e. The van der Waals surface area contributed by atoms with Crippen LogP contribution in [0.25, 0.3) is 0 Å². The number of aliphatic hydroxyl groups excluding tert-OH is 1. The van der Waals surface area contributed by atoms with Crippen molar-refractivity contribution in [3.63, 3.8) is 0 Å². The molecular weight excluding hydrogens is 312 g/mol. The van der Waals surface area contributed by atoms with Gasteiger partial charge in [-0.3, -0.25) is 4.79 Å². The summed E-state index contributed by atoms with van der Waals surface area (Å²) >= 11 is 0. The summed E-state index contributed by atoms with van der Waals surface area (Å²) in [5.41, 5.74) is 0.130. The molecule has 0 aromatic carbocycles. The molecule has 0 aliphatic carbocycles. The molecule has 0 aromatic heterocycles. The Bertz CT molecular complexity index is 397. The van der Waals surface area contributed by atoms with Gasteiger partial charge in [-0.25, -0.2) is 4.79 Å². The third-order valence-electron chi connectivity index (χ3n) is 3.03. The average Bonchev–Trinajstić information content (AvgIpc) is 2.46. The summed E-state index contributed by atoms with van der Waals surface area (Å²) in [4.78, 5) is 22.6. The second-order valence-corrected chi connectivity index (χ2v) is 6.80. The van der Waals surface area contributed by atoms with Crippen LogP contribution in [0.4, 0.5) is 0 Å². The van der Waals surface area contributed by atoms with Crippen LogP contribution in [0, 0.1) is 0 Å². The third-order valence-corrected chi connectivity index (χ3v) is 3.03. The number of esters is 2. The number of carbonyl (C=O) groups is 2. The van der Waals surface area contributed by atoms with Gasteiger partial charge >= 0.3 is 11.9 Å². The van der Waals surface area contributed by atoms with E-state index < -0.39 is 18.2 Å². The van der Waals surface area contributed by atoms with E-state index in [4.69, 9.17) is 14.2 Å². The highest BCUT2D eigenvalue weighted by Gasteiger charge is 2.14. The number of unbranched alkanes of at least 4 members (excludes halogenated alkanes) is 4. The topological polar surface area (TPSA) is 82.1 Å². The second kappa shape index (κ2) is 12.0. The molecule has 0 aromatic rings. The van der Waals surface area contributed by atoms with Gasteiger partial charge in [0.2, 0.25) is 6.29 Å². The zero-order valence-corrected chi connectivity index (χ0v) is 15.4. The first-order chi connectivity index (χ1) is 11.1. The molecule has 140 valence electrons. The Labute approximate surface area is 145 Å².